The maximum Gasteiger partial charge on any atom is 0.0625 e. The summed E-state index contributed by atoms with van der Waals surface area (Å²) < 4.78 is 2.11. The minimum atomic E-state index is 0.939. The SMILES string of the molecule is CCc1cc(CNCCN2CCCC2)n(CC)n1. The van der Waals surface area contributed by atoms with Crippen molar-refractivity contribution >= 4 is 0 Å². The van der Waals surface area contributed by atoms with Crippen LogP contribution in [-0.2, 0) is 19.5 Å². The second-order valence-corrected chi connectivity index (χ2v) is 5.02. The molecule has 18 heavy (non-hydrogen) atoms. The molecule has 4 nitrogen and oxygen atoms in total. The second-order valence-electron chi connectivity index (χ2n) is 5.02. The number of rotatable bonds is 7. The van der Waals surface area contributed by atoms with Crippen LogP contribution < -0.4 is 5.32 Å². The van der Waals surface area contributed by atoms with E-state index in [0.29, 0.717) is 0 Å². The van der Waals surface area contributed by atoms with Crippen LogP contribution in [0.5, 0.6) is 0 Å². The monoisotopic (exact) mass is 250 g/mol. The highest BCUT2D eigenvalue weighted by Crippen LogP contribution is 2.07. The van der Waals surface area contributed by atoms with E-state index in [1.54, 1.807) is 0 Å². The summed E-state index contributed by atoms with van der Waals surface area (Å²) in [6.07, 6.45) is 3.78. The van der Waals surface area contributed by atoms with Crippen LogP contribution in [0.4, 0.5) is 0 Å². The van der Waals surface area contributed by atoms with Gasteiger partial charge in [-0.3, -0.25) is 4.68 Å². The van der Waals surface area contributed by atoms with Gasteiger partial charge in [0.15, 0.2) is 0 Å². The van der Waals surface area contributed by atoms with Crippen molar-refractivity contribution in [2.75, 3.05) is 26.2 Å². The molecule has 0 saturated carbocycles. The highest BCUT2D eigenvalue weighted by molar-refractivity contribution is 5.10. The van der Waals surface area contributed by atoms with Gasteiger partial charge in [0.1, 0.15) is 0 Å². The Morgan fingerprint density at radius 1 is 1.28 bits per heavy atom. The predicted octanol–water partition coefficient (Wildman–Crippen LogP) is 1.65. The zero-order valence-electron chi connectivity index (χ0n) is 11.8. The molecule has 4 heteroatoms. The van der Waals surface area contributed by atoms with E-state index in [2.05, 4.69) is 39.9 Å². The molecule has 0 spiro atoms. The lowest BCUT2D eigenvalue weighted by Gasteiger charge is -2.14. The number of aromatic nitrogens is 2. The third kappa shape index (κ3) is 3.56. The van der Waals surface area contributed by atoms with Gasteiger partial charge in [0.2, 0.25) is 0 Å². The zero-order valence-corrected chi connectivity index (χ0v) is 11.8. The first-order valence-electron chi connectivity index (χ1n) is 7.32. The molecule has 1 saturated heterocycles. The van der Waals surface area contributed by atoms with Gasteiger partial charge in [-0.25, -0.2) is 0 Å². The van der Waals surface area contributed by atoms with Crippen molar-refractivity contribution in [3.63, 3.8) is 0 Å². The van der Waals surface area contributed by atoms with Crippen molar-refractivity contribution in [3.05, 3.63) is 17.5 Å². The third-order valence-corrected chi connectivity index (χ3v) is 3.69. The van der Waals surface area contributed by atoms with E-state index >= 15 is 0 Å². The molecule has 1 aromatic heterocycles. The Balaban J connectivity index is 1.73. The fourth-order valence-corrected chi connectivity index (χ4v) is 2.56. The smallest absolute Gasteiger partial charge is 0.0625 e. The molecule has 0 unspecified atom stereocenters. The molecule has 1 aliphatic rings. The summed E-state index contributed by atoms with van der Waals surface area (Å²) in [6, 6.07) is 2.23. The number of hydrogen-bond donors (Lipinski definition) is 1. The normalized spacial score (nSPS) is 16.6. The average molecular weight is 250 g/mol. The van der Waals surface area contributed by atoms with E-state index in [0.717, 1.165) is 26.1 Å². The van der Waals surface area contributed by atoms with Crippen LogP contribution in [0.1, 0.15) is 38.1 Å². The molecule has 0 atom stereocenters. The van der Waals surface area contributed by atoms with Crippen LogP contribution in [0.3, 0.4) is 0 Å². The van der Waals surface area contributed by atoms with Gasteiger partial charge in [-0.15, -0.1) is 0 Å². The van der Waals surface area contributed by atoms with Crippen LogP contribution >= 0.6 is 0 Å². The summed E-state index contributed by atoms with van der Waals surface area (Å²) in [7, 11) is 0. The molecule has 102 valence electrons. The van der Waals surface area contributed by atoms with Crippen LogP contribution in [0, 0.1) is 0 Å². The van der Waals surface area contributed by atoms with Crippen molar-refractivity contribution < 1.29 is 0 Å². The van der Waals surface area contributed by atoms with E-state index in [1.807, 2.05) is 0 Å². The number of nitrogens with one attached hydrogen (secondary N) is 1. The molecule has 0 aliphatic carbocycles. The lowest BCUT2D eigenvalue weighted by atomic mass is 10.3. The molecular weight excluding hydrogens is 224 g/mol. The molecule has 2 rings (SSSR count). The summed E-state index contributed by atoms with van der Waals surface area (Å²) in [4.78, 5) is 2.54. The van der Waals surface area contributed by atoms with E-state index in [1.165, 1.54) is 43.9 Å². The van der Waals surface area contributed by atoms with Gasteiger partial charge < -0.3 is 10.2 Å². The van der Waals surface area contributed by atoms with E-state index < -0.39 is 0 Å². The Bertz CT molecular complexity index is 353. The average Bonchev–Trinajstić information content (AvgIpc) is 3.03. The van der Waals surface area contributed by atoms with Gasteiger partial charge >= 0.3 is 0 Å². The standard InChI is InChI=1S/C14H26N4/c1-3-13-11-14(18(4-2)16-13)12-15-7-10-17-8-5-6-9-17/h11,15H,3-10,12H2,1-2H3. The molecule has 1 fully saturated rings. The first kappa shape index (κ1) is 13.6. The maximum atomic E-state index is 4.57. The Morgan fingerprint density at radius 2 is 2.06 bits per heavy atom. The molecule has 0 aromatic carbocycles. The zero-order chi connectivity index (χ0) is 12.8. The number of likely N-dealkylation sites (tertiary alicyclic amines) is 1. The summed E-state index contributed by atoms with van der Waals surface area (Å²) in [6.45, 7) is 11.0. The lowest BCUT2D eigenvalue weighted by molar-refractivity contribution is 0.335. The minimum Gasteiger partial charge on any atom is -0.310 e. The van der Waals surface area contributed by atoms with Gasteiger partial charge in [0.25, 0.3) is 0 Å². The Kier molecular flexibility index (Phi) is 5.20. The molecule has 0 radical (unpaired) electrons. The molecule has 1 N–H and O–H groups in total. The fourth-order valence-electron chi connectivity index (χ4n) is 2.56. The molecule has 0 amide bonds. The van der Waals surface area contributed by atoms with Crippen LogP contribution in [0.2, 0.25) is 0 Å². The number of hydrogen-bond acceptors (Lipinski definition) is 3. The topological polar surface area (TPSA) is 33.1 Å². The van der Waals surface area contributed by atoms with Crippen LogP contribution in [0.15, 0.2) is 6.07 Å². The van der Waals surface area contributed by atoms with Crippen molar-refractivity contribution in [2.24, 2.45) is 0 Å². The number of nitrogens with zero attached hydrogens (tertiary/aromatic N) is 3. The maximum absolute atomic E-state index is 4.57. The molecule has 0 bridgehead atoms. The Labute approximate surface area is 110 Å². The van der Waals surface area contributed by atoms with E-state index in [9.17, 15) is 0 Å². The Morgan fingerprint density at radius 3 is 2.72 bits per heavy atom. The van der Waals surface area contributed by atoms with Gasteiger partial charge in [-0.1, -0.05) is 6.92 Å². The second kappa shape index (κ2) is 6.90. The van der Waals surface area contributed by atoms with Crippen molar-refractivity contribution in [2.45, 2.75) is 46.2 Å². The Hall–Kier alpha value is -0.870. The third-order valence-electron chi connectivity index (χ3n) is 3.69. The quantitative estimate of drug-likeness (QED) is 0.747. The lowest BCUT2D eigenvalue weighted by Crippen LogP contribution is -2.30. The largest absolute Gasteiger partial charge is 0.310 e. The van der Waals surface area contributed by atoms with Gasteiger partial charge in [0, 0.05) is 26.2 Å². The molecule has 1 aliphatic heterocycles. The molecule has 1 aromatic rings. The first-order chi connectivity index (χ1) is 8.83. The summed E-state index contributed by atoms with van der Waals surface area (Å²) >= 11 is 0. The summed E-state index contributed by atoms with van der Waals surface area (Å²) in [5.74, 6) is 0. The molecule has 2 heterocycles. The fraction of sp³-hybridized carbons (Fsp3) is 0.786. The highest BCUT2D eigenvalue weighted by Gasteiger charge is 2.10. The molecular formula is C14H26N4. The van der Waals surface area contributed by atoms with Gasteiger partial charge in [-0.2, -0.15) is 5.10 Å². The highest BCUT2D eigenvalue weighted by atomic mass is 15.3. The van der Waals surface area contributed by atoms with E-state index in [4.69, 9.17) is 0 Å². The van der Waals surface area contributed by atoms with Crippen molar-refractivity contribution in [1.82, 2.24) is 20.0 Å². The first-order valence-corrected chi connectivity index (χ1v) is 7.32. The number of aryl methyl sites for hydroxylation is 2. The van der Waals surface area contributed by atoms with Gasteiger partial charge in [-0.05, 0) is 45.3 Å². The summed E-state index contributed by atoms with van der Waals surface area (Å²) in [5.41, 5.74) is 2.52. The van der Waals surface area contributed by atoms with Crippen molar-refractivity contribution in [3.8, 4) is 0 Å². The van der Waals surface area contributed by atoms with Crippen LogP contribution in [-0.4, -0.2) is 40.9 Å². The van der Waals surface area contributed by atoms with Crippen molar-refractivity contribution in [1.29, 1.82) is 0 Å². The van der Waals surface area contributed by atoms with Gasteiger partial charge in [0.05, 0.1) is 11.4 Å². The predicted molar refractivity (Wildman–Crippen MR) is 74.7 cm³/mol. The minimum absolute atomic E-state index is 0.939. The van der Waals surface area contributed by atoms with Crippen LogP contribution in [0.25, 0.3) is 0 Å². The summed E-state index contributed by atoms with van der Waals surface area (Å²) in [5, 5.41) is 8.11. The van der Waals surface area contributed by atoms with E-state index in [-0.39, 0.29) is 0 Å².